The van der Waals surface area contributed by atoms with Crippen LogP contribution >= 0.6 is 11.6 Å². The molecule has 0 saturated heterocycles. The third-order valence-corrected chi connectivity index (χ3v) is 8.15. The first-order valence-electron chi connectivity index (χ1n) is 11.2. The zero-order valence-corrected chi connectivity index (χ0v) is 22.5. The van der Waals surface area contributed by atoms with Gasteiger partial charge >= 0.3 is 0 Å². The summed E-state index contributed by atoms with van der Waals surface area (Å²) in [7, 11) is -7.40. The van der Waals surface area contributed by atoms with Gasteiger partial charge in [-0.05, 0) is 72.3 Å². The van der Waals surface area contributed by atoms with Crippen molar-refractivity contribution in [1.82, 2.24) is 4.98 Å². The van der Waals surface area contributed by atoms with Gasteiger partial charge in [0.05, 0.1) is 35.3 Å². The molecule has 0 radical (unpaired) electrons. The molecule has 196 valence electrons. The number of amides is 1. The van der Waals surface area contributed by atoms with E-state index in [2.05, 4.69) is 15.0 Å². The van der Waals surface area contributed by atoms with Crippen LogP contribution in [0.4, 0.5) is 17.1 Å². The molecule has 9 nitrogen and oxygen atoms in total. The van der Waals surface area contributed by atoms with Gasteiger partial charge in [0.25, 0.3) is 15.9 Å². The van der Waals surface area contributed by atoms with Gasteiger partial charge in [0, 0.05) is 22.5 Å². The van der Waals surface area contributed by atoms with Gasteiger partial charge in [0.2, 0.25) is 10.0 Å². The molecule has 1 heterocycles. The van der Waals surface area contributed by atoms with Gasteiger partial charge in [-0.3, -0.25) is 18.8 Å². The van der Waals surface area contributed by atoms with E-state index in [1.54, 1.807) is 60.7 Å². The number of benzene rings is 3. The zero-order valence-electron chi connectivity index (χ0n) is 20.1. The van der Waals surface area contributed by atoms with Crippen LogP contribution in [-0.4, -0.2) is 34.0 Å². The number of pyridine rings is 1. The van der Waals surface area contributed by atoms with E-state index in [9.17, 15) is 21.6 Å². The number of anilines is 3. The summed E-state index contributed by atoms with van der Waals surface area (Å²) in [5.74, 6) is -0.407. The quantitative estimate of drug-likeness (QED) is 0.299. The predicted molar refractivity (Wildman–Crippen MR) is 148 cm³/mol. The number of sulfonamides is 2. The third-order valence-electron chi connectivity index (χ3n) is 5.38. The highest BCUT2D eigenvalue weighted by molar-refractivity contribution is 7.92. The maximum absolute atomic E-state index is 12.7. The molecular weight excluding hydrogens is 548 g/mol. The second kappa shape index (κ2) is 11.2. The Hall–Kier alpha value is -3.93. The molecule has 0 unspecified atom stereocenters. The monoisotopic (exact) mass is 570 g/mol. The molecule has 0 aliphatic rings. The Morgan fingerprint density at radius 2 is 1.61 bits per heavy atom. The van der Waals surface area contributed by atoms with Gasteiger partial charge in [-0.15, -0.1) is 0 Å². The van der Waals surface area contributed by atoms with Crippen LogP contribution in [0.15, 0.2) is 102 Å². The van der Waals surface area contributed by atoms with E-state index in [-0.39, 0.29) is 11.4 Å². The lowest BCUT2D eigenvalue weighted by molar-refractivity contribution is 0.102. The number of nitrogens with one attached hydrogen (secondary N) is 2. The smallest absolute Gasteiger partial charge is 0.261 e. The molecule has 0 atom stereocenters. The van der Waals surface area contributed by atoms with Gasteiger partial charge < -0.3 is 5.32 Å². The SMILES string of the molecule is CS(=O)(=O)N(Cc1ccc(C(=O)Nc2ccc(S(=O)(=O)Nc3cccnc3)cc2)cc1)c1cccc(Cl)c1. The van der Waals surface area contributed by atoms with Crippen LogP contribution in [0.5, 0.6) is 0 Å². The van der Waals surface area contributed by atoms with Gasteiger partial charge in [-0.2, -0.15) is 0 Å². The largest absolute Gasteiger partial charge is 0.322 e. The number of hydrogen-bond acceptors (Lipinski definition) is 6. The molecule has 38 heavy (non-hydrogen) atoms. The highest BCUT2D eigenvalue weighted by atomic mass is 35.5. The second-order valence-corrected chi connectivity index (χ2v) is 12.3. The first-order chi connectivity index (χ1) is 18.0. The standard InChI is InChI=1S/C26H23ClN4O5S2/c1-37(33,34)31(24-6-2-4-21(27)16-24)18-19-7-9-20(10-8-19)26(32)29-22-11-13-25(14-12-22)38(35,36)30-23-5-3-15-28-17-23/h2-17,30H,18H2,1H3,(H,29,32). The molecule has 12 heteroatoms. The summed E-state index contributed by atoms with van der Waals surface area (Å²) in [6.45, 7) is 0.0596. The van der Waals surface area contributed by atoms with Crippen molar-refractivity contribution in [2.24, 2.45) is 0 Å². The summed E-state index contributed by atoms with van der Waals surface area (Å²) >= 11 is 6.03. The number of carbonyl (C=O) groups is 1. The minimum Gasteiger partial charge on any atom is -0.322 e. The highest BCUT2D eigenvalue weighted by Crippen LogP contribution is 2.24. The Labute approximate surface area is 226 Å². The minimum absolute atomic E-state index is 0.0267. The maximum Gasteiger partial charge on any atom is 0.261 e. The van der Waals surface area contributed by atoms with E-state index >= 15 is 0 Å². The molecule has 4 aromatic rings. The normalized spacial score (nSPS) is 11.5. The van der Waals surface area contributed by atoms with Crippen molar-refractivity contribution in [3.05, 3.63) is 113 Å². The van der Waals surface area contributed by atoms with E-state index in [4.69, 9.17) is 11.6 Å². The maximum atomic E-state index is 12.7. The summed E-state index contributed by atoms with van der Waals surface area (Å²) in [6.07, 6.45) is 4.04. The summed E-state index contributed by atoms with van der Waals surface area (Å²) in [5.41, 5.74) is 2.19. The first kappa shape index (κ1) is 27.1. The minimum atomic E-state index is -3.82. The average Bonchev–Trinajstić information content (AvgIpc) is 2.87. The third kappa shape index (κ3) is 6.88. The lowest BCUT2D eigenvalue weighted by Crippen LogP contribution is -2.29. The van der Waals surface area contributed by atoms with E-state index in [0.717, 1.165) is 6.26 Å². The van der Waals surface area contributed by atoms with Crippen molar-refractivity contribution in [2.45, 2.75) is 11.4 Å². The number of halogens is 1. The Balaban J connectivity index is 1.42. The van der Waals surface area contributed by atoms with E-state index in [1.807, 2.05) is 0 Å². The molecule has 0 fully saturated rings. The lowest BCUT2D eigenvalue weighted by atomic mass is 10.1. The Bertz CT molecular complexity index is 1650. The van der Waals surface area contributed by atoms with E-state index < -0.39 is 26.0 Å². The molecule has 0 saturated carbocycles. The van der Waals surface area contributed by atoms with Crippen LogP contribution in [0.2, 0.25) is 5.02 Å². The molecule has 1 aromatic heterocycles. The summed E-state index contributed by atoms with van der Waals surface area (Å²) in [5, 5.41) is 3.13. The Morgan fingerprint density at radius 3 is 2.21 bits per heavy atom. The lowest BCUT2D eigenvalue weighted by Gasteiger charge is -2.22. The molecule has 4 rings (SSSR count). The average molecular weight is 571 g/mol. The van der Waals surface area contributed by atoms with Crippen molar-refractivity contribution in [3.63, 3.8) is 0 Å². The Kier molecular flexibility index (Phi) is 8.00. The van der Waals surface area contributed by atoms with Crippen molar-refractivity contribution < 1.29 is 21.6 Å². The predicted octanol–water partition coefficient (Wildman–Crippen LogP) is 4.75. The molecular formula is C26H23ClN4O5S2. The summed E-state index contributed by atoms with van der Waals surface area (Å²) in [6, 6.07) is 22.0. The van der Waals surface area contributed by atoms with Crippen LogP contribution in [0, 0.1) is 0 Å². The molecule has 3 aromatic carbocycles. The summed E-state index contributed by atoms with van der Waals surface area (Å²) in [4.78, 5) is 16.6. The van der Waals surface area contributed by atoms with Crippen molar-refractivity contribution in [2.75, 3.05) is 20.6 Å². The molecule has 1 amide bonds. The van der Waals surface area contributed by atoms with Crippen molar-refractivity contribution in [1.29, 1.82) is 0 Å². The van der Waals surface area contributed by atoms with Gasteiger partial charge in [-0.1, -0.05) is 29.8 Å². The Morgan fingerprint density at radius 1 is 0.895 bits per heavy atom. The van der Waals surface area contributed by atoms with Crippen LogP contribution in [0.25, 0.3) is 0 Å². The molecule has 0 aliphatic carbocycles. The van der Waals surface area contributed by atoms with E-state index in [1.165, 1.54) is 41.0 Å². The van der Waals surface area contributed by atoms with E-state index in [0.29, 0.717) is 33.2 Å². The molecule has 2 N–H and O–H groups in total. The van der Waals surface area contributed by atoms with Crippen molar-refractivity contribution in [3.8, 4) is 0 Å². The molecule has 0 spiro atoms. The topological polar surface area (TPSA) is 126 Å². The van der Waals surface area contributed by atoms with Crippen LogP contribution < -0.4 is 14.3 Å². The number of carbonyl (C=O) groups excluding carboxylic acids is 1. The van der Waals surface area contributed by atoms with Gasteiger partial charge in [-0.25, -0.2) is 16.8 Å². The van der Waals surface area contributed by atoms with Gasteiger partial charge in [0.15, 0.2) is 0 Å². The fourth-order valence-corrected chi connectivity index (χ4v) is 5.62. The second-order valence-electron chi connectivity index (χ2n) is 8.27. The summed E-state index contributed by atoms with van der Waals surface area (Å²) < 4.78 is 53.5. The fraction of sp³-hybridized carbons (Fsp3) is 0.0769. The highest BCUT2D eigenvalue weighted by Gasteiger charge is 2.19. The first-order valence-corrected chi connectivity index (χ1v) is 14.9. The van der Waals surface area contributed by atoms with Crippen LogP contribution in [-0.2, 0) is 26.6 Å². The molecule has 0 bridgehead atoms. The number of aromatic nitrogens is 1. The fourth-order valence-electron chi connectivity index (χ4n) is 3.52. The van der Waals surface area contributed by atoms with Crippen molar-refractivity contribution >= 4 is 54.6 Å². The number of nitrogens with zero attached hydrogens (tertiary/aromatic N) is 2. The number of hydrogen-bond donors (Lipinski definition) is 2. The van der Waals surface area contributed by atoms with Crippen LogP contribution in [0.1, 0.15) is 15.9 Å². The van der Waals surface area contributed by atoms with Crippen LogP contribution in [0.3, 0.4) is 0 Å². The number of rotatable bonds is 9. The molecule has 0 aliphatic heterocycles. The van der Waals surface area contributed by atoms with Gasteiger partial charge in [0.1, 0.15) is 0 Å². The zero-order chi connectivity index (χ0) is 27.3.